The fourth-order valence-electron chi connectivity index (χ4n) is 4.02. The fraction of sp³-hybridized carbons (Fsp3) is 0.308. The summed E-state index contributed by atoms with van der Waals surface area (Å²) in [4.78, 5) is 17.2. The zero-order chi connectivity index (χ0) is 23.4. The smallest absolute Gasteiger partial charge is 0.196 e. The number of hydrogen-bond donors (Lipinski definition) is 0. The Morgan fingerprint density at radius 1 is 1.00 bits per heavy atom. The van der Waals surface area contributed by atoms with Crippen molar-refractivity contribution in [2.45, 2.75) is 52.2 Å². The van der Waals surface area contributed by atoms with Gasteiger partial charge in [-0.3, -0.25) is 14.3 Å². The first-order valence-electron chi connectivity index (χ1n) is 11.3. The number of thioether (sulfide) groups is 1. The third kappa shape index (κ3) is 4.78. The van der Waals surface area contributed by atoms with Crippen LogP contribution in [0.2, 0.25) is 0 Å². The molecule has 0 saturated heterocycles. The number of hydrogen-bond acceptors (Lipinski definition) is 5. The summed E-state index contributed by atoms with van der Waals surface area (Å²) in [5.41, 5.74) is 6.12. The molecule has 4 aromatic rings. The van der Waals surface area contributed by atoms with Crippen LogP contribution in [0.15, 0.2) is 60.0 Å². The normalized spacial score (nSPS) is 11.2. The molecule has 0 amide bonds. The number of rotatable bonds is 9. The van der Waals surface area contributed by atoms with Crippen LogP contribution < -0.4 is 0 Å². The van der Waals surface area contributed by atoms with E-state index in [1.807, 2.05) is 29.7 Å². The summed E-state index contributed by atoms with van der Waals surface area (Å²) < 4.78 is 4.24. The van der Waals surface area contributed by atoms with E-state index >= 15 is 0 Å². The molecule has 0 unspecified atom stereocenters. The second-order valence-corrected chi connectivity index (χ2v) is 8.99. The first-order valence-corrected chi connectivity index (χ1v) is 12.3. The van der Waals surface area contributed by atoms with Gasteiger partial charge in [-0.05, 0) is 62.6 Å². The minimum atomic E-state index is 0.108. The predicted octanol–water partition coefficient (Wildman–Crippen LogP) is 5.70. The minimum Gasteiger partial charge on any atom is -0.348 e. The molecule has 6 nitrogen and oxygen atoms in total. The first kappa shape index (κ1) is 23.0. The monoisotopic (exact) mass is 459 g/mol. The lowest BCUT2D eigenvalue weighted by atomic mass is 10.1. The lowest BCUT2D eigenvalue weighted by Gasteiger charge is -2.11. The number of aryl methyl sites for hydroxylation is 2. The van der Waals surface area contributed by atoms with E-state index in [1.54, 1.807) is 12.4 Å². The maximum atomic E-state index is 13.1. The second kappa shape index (κ2) is 10.2. The highest BCUT2D eigenvalue weighted by Crippen LogP contribution is 2.29. The van der Waals surface area contributed by atoms with Crippen molar-refractivity contribution in [3.8, 4) is 17.1 Å². The fourth-order valence-corrected chi connectivity index (χ4v) is 4.86. The molecule has 170 valence electrons. The van der Waals surface area contributed by atoms with Crippen molar-refractivity contribution in [3.05, 3.63) is 77.4 Å². The molecule has 7 heteroatoms. The highest BCUT2D eigenvalue weighted by molar-refractivity contribution is 7.99. The molecule has 3 aromatic heterocycles. The van der Waals surface area contributed by atoms with Crippen LogP contribution in [0.1, 0.15) is 47.6 Å². The molecule has 0 bridgehead atoms. The summed E-state index contributed by atoms with van der Waals surface area (Å²) in [6.45, 7) is 9.30. The number of Topliss-reactive ketones (excluding diaryl/α,β-unsaturated/α-hetero) is 1. The van der Waals surface area contributed by atoms with Gasteiger partial charge in [-0.15, -0.1) is 10.2 Å². The van der Waals surface area contributed by atoms with Crippen molar-refractivity contribution in [1.29, 1.82) is 0 Å². The molecule has 0 aliphatic rings. The number of carbonyl (C=O) groups is 1. The molecule has 0 radical (unpaired) electrons. The lowest BCUT2D eigenvalue weighted by Crippen LogP contribution is -2.07. The van der Waals surface area contributed by atoms with Gasteiger partial charge in [0, 0.05) is 47.1 Å². The number of benzene rings is 1. The van der Waals surface area contributed by atoms with Gasteiger partial charge in [-0.25, -0.2) is 0 Å². The molecule has 0 fully saturated rings. The van der Waals surface area contributed by atoms with Crippen molar-refractivity contribution in [3.63, 3.8) is 0 Å². The van der Waals surface area contributed by atoms with Crippen LogP contribution in [0.5, 0.6) is 0 Å². The van der Waals surface area contributed by atoms with Crippen molar-refractivity contribution < 1.29 is 4.79 Å². The summed E-state index contributed by atoms with van der Waals surface area (Å²) >= 11 is 1.42. The number of ketones is 1. The maximum absolute atomic E-state index is 13.1. The summed E-state index contributed by atoms with van der Waals surface area (Å²) in [5.74, 6) is 1.15. The molecule has 1 aromatic carbocycles. The Morgan fingerprint density at radius 2 is 1.73 bits per heavy atom. The lowest BCUT2D eigenvalue weighted by molar-refractivity contribution is 0.102. The van der Waals surface area contributed by atoms with E-state index in [1.165, 1.54) is 17.3 Å². The van der Waals surface area contributed by atoms with Gasteiger partial charge in [-0.1, -0.05) is 37.7 Å². The summed E-state index contributed by atoms with van der Waals surface area (Å²) in [7, 11) is 0. The van der Waals surface area contributed by atoms with Gasteiger partial charge in [0.15, 0.2) is 16.8 Å². The third-order valence-electron chi connectivity index (χ3n) is 5.83. The second-order valence-electron chi connectivity index (χ2n) is 8.05. The van der Waals surface area contributed by atoms with E-state index < -0.39 is 0 Å². The Kier molecular flexibility index (Phi) is 7.08. The molecule has 33 heavy (non-hydrogen) atoms. The Labute approximate surface area is 199 Å². The minimum absolute atomic E-state index is 0.108. The quantitative estimate of drug-likeness (QED) is 0.237. The zero-order valence-corrected chi connectivity index (χ0v) is 20.4. The molecule has 0 aliphatic heterocycles. The van der Waals surface area contributed by atoms with Crippen molar-refractivity contribution in [1.82, 2.24) is 24.3 Å². The zero-order valence-electron chi connectivity index (χ0n) is 19.6. The van der Waals surface area contributed by atoms with Crippen LogP contribution in [-0.2, 0) is 13.0 Å². The predicted molar refractivity (Wildman–Crippen MR) is 133 cm³/mol. The van der Waals surface area contributed by atoms with Crippen LogP contribution in [0, 0.1) is 13.8 Å². The summed E-state index contributed by atoms with van der Waals surface area (Å²) in [5, 5.41) is 9.61. The largest absolute Gasteiger partial charge is 0.348 e. The topological polar surface area (TPSA) is 65.6 Å². The SMILES string of the molecule is CCCn1c(C)cc(C(=O)CSc2nnc(-c3ccncc3)n2-c2ccc(CC)cc2)c1C. The molecule has 0 N–H and O–H groups in total. The molecule has 4 rings (SSSR count). The van der Waals surface area contributed by atoms with Gasteiger partial charge in [-0.2, -0.15) is 0 Å². The maximum Gasteiger partial charge on any atom is 0.196 e. The number of aromatic nitrogens is 5. The van der Waals surface area contributed by atoms with Gasteiger partial charge in [0.2, 0.25) is 0 Å². The molecular formula is C26H29N5OS. The number of nitrogens with zero attached hydrogens (tertiary/aromatic N) is 5. The van der Waals surface area contributed by atoms with Crippen LogP contribution >= 0.6 is 11.8 Å². The molecule has 0 saturated carbocycles. The Hall–Kier alpha value is -3.19. The van der Waals surface area contributed by atoms with Crippen LogP contribution in [0.3, 0.4) is 0 Å². The molecule has 0 aliphatic carbocycles. The Balaban J connectivity index is 1.65. The summed E-state index contributed by atoms with van der Waals surface area (Å²) in [6.07, 6.45) is 5.51. The van der Waals surface area contributed by atoms with Gasteiger partial charge < -0.3 is 4.57 Å². The first-order chi connectivity index (χ1) is 16.0. The van der Waals surface area contributed by atoms with Crippen LogP contribution in [0.25, 0.3) is 17.1 Å². The van der Waals surface area contributed by atoms with Gasteiger partial charge in [0.05, 0.1) is 5.75 Å². The van der Waals surface area contributed by atoms with E-state index in [9.17, 15) is 4.79 Å². The van der Waals surface area contributed by atoms with E-state index in [-0.39, 0.29) is 5.78 Å². The molecule has 0 atom stereocenters. The Morgan fingerprint density at radius 3 is 2.39 bits per heavy atom. The number of pyridine rings is 1. The number of carbonyl (C=O) groups excluding carboxylic acids is 1. The van der Waals surface area contributed by atoms with E-state index in [0.29, 0.717) is 10.9 Å². The van der Waals surface area contributed by atoms with Crippen LogP contribution in [-0.4, -0.2) is 35.9 Å². The van der Waals surface area contributed by atoms with Gasteiger partial charge in [0.1, 0.15) is 0 Å². The summed E-state index contributed by atoms with van der Waals surface area (Å²) in [6, 6.07) is 14.2. The molecule has 3 heterocycles. The highest BCUT2D eigenvalue weighted by Gasteiger charge is 2.20. The van der Waals surface area contributed by atoms with Crippen molar-refractivity contribution in [2.24, 2.45) is 0 Å². The average Bonchev–Trinajstić information content (AvgIpc) is 3.40. The third-order valence-corrected chi connectivity index (χ3v) is 6.76. The standard InChI is InChI=1S/C26H29N5OS/c1-5-15-30-18(3)16-23(19(30)4)24(32)17-33-26-29-28-25(21-11-13-27-14-12-21)31(26)22-9-7-20(6-2)8-10-22/h7-14,16H,5-6,15,17H2,1-4H3. The average molecular weight is 460 g/mol. The van der Waals surface area contributed by atoms with Gasteiger partial charge in [0.25, 0.3) is 0 Å². The molecular weight excluding hydrogens is 430 g/mol. The van der Waals surface area contributed by atoms with E-state index in [0.717, 1.165) is 53.4 Å². The van der Waals surface area contributed by atoms with Crippen LogP contribution in [0.4, 0.5) is 0 Å². The Bertz CT molecular complexity index is 1240. The van der Waals surface area contributed by atoms with Gasteiger partial charge >= 0.3 is 0 Å². The van der Waals surface area contributed by atoms with E-state index in [2.05, 4.69) is 64.8 Å². The van der Waals surface area contributed by atoms with Crippen molar-refractivity contribution >= 4 is 17.5 Å². The van der Waals surface area contributed by atoms with Crippen molar-refractivity contribution in [2.75, 3.05) is 5.75 Å². The molecule has 0 spiro atoms. The highest BCUT2D eigenvalue weighted by atomic mass is 32.2. The van der Waals surface area contributed by atoms with E-state index in [4.69, 9.17) is 0 Å².